The van der Waals surface area contributed by atoms with Gasteiger partial charge >= 0.3 is 0 Å². The maximum atomic E-state index is 13.8. The van der Waals surface area contributed by atoms with Crippen LogP contribution in [0.1, 0.15) is 43.3 Å². The molecule has 1 aliphatic rings. The van der Waals surface area contributed by atoms with E-state index in [4.69, 9.17) is 0 Å². The summed E-state index contributed by atoms with van der Waals surface area (Å²) in [6, 6.07) is 16.9. The van der Waals surface area contributed by atoms with Gasteiger partial charge in [-0.3, -0.25) is 0 Å². The van der Waals surface area contributed by atoms with Crippen LogP contribution in [-0.2, 0) is 13.0 Å². The minimum absolute atomic E-state index is 0.110. The lowest BCUT2D eigenvalue weighted by atomic mass is 9.74. The van der Waals surface area contributed by atoms with Crippen molar-refractivity contribution in [3.8, 4) is 11.5 Å². The fourth-order valence-electron chi connectivity index (χ4n) is 4.56. The fourth-order valence-corrected chi connectivity index (χ4v) is 4.56. The minimum Gasteiger partial charge on any atom is -0.304 e. The number of aromatic nitrogens is 4. The quantitative estimate of drug-likeness (QED) is 0.499. The van der Waals surface area contributed by atoms with E-state index in [0.717, 1.165) is 42.3 Å². The lowest BCUT2D eigenvalue weighted by Gasteiger charge is -2.36. The summed E-state index contributed by atoms with van der Waals surface area (Å²) in [6.45, 7) is 5.28. The molecule has 0 spiro atoms. The zero-order chi connectivity index (χ0) is 21.4. The van der Waals surface area contributed by atoms with Gasteiger partial charge < -0.3 is 9.88 Å². The third kappa shape index (κ3) is 3.91. The standard InChI is InChI=1S/C25H26FN5/c1-25(2)14-22(28-16-20-9-6-12-30(20)24-10-3-4-11-27-24)21-17-29-31(23(21)15-25)19-8-5-7-18(26)13-19/h3-13,17,22,28H,14-16H2,1-2H3/t22-/m0/s1. The average molecular weight is 416 g/mol. The predicted octanol–water partition coefficient (Wildman–Crippen LogP) is 5.00. The lowest BCUT2D eigenvalue weighted by Crippen LogP contribution is -2.34. The first kappa shape index (κ1) is 19.7. The molecule has 5 nitrogen and oxygen atoms in total. The SMILES string of the molecule is CC1(C)Cc2c(cnn2-c2cccc(F)c2)[C@@H](NCc2cccn2-c2ccccn2)C1. The Hall–Kier alpha value is -3.25. The molecule has 3 heterocycles. The van der Waals surface area contributed by atoms with Crippen LogP contribution in [0.3, 0.4) is 0 Å². The van der Waals surface area contributed by atoms with Gasteiger partial charge in [0, 0.05) is 41.9 Å². The van der Waals surface area contributed by atoms with E-state index >= 15 is 0 Å². The summed E-state index contributed by atoms with van der Waals surface area (Å²) in [5.41, 5.74) is 4.38. The molecule has 0 radical (unpaired) electrons. The number of fused-ring (bicyclic) bond motifs is 1. The molecule has 5 rings (SSSR count). The Labute approximate surface area is 181 Å². The van der Waals surface area contributed by atoms with Crippen molar-refractivity contribution < 1.29 is 4.39 Å². The number of pyridine rings is 1. The van der Waals surface area contributed by atoms with E-state index < -0.39 is 0 Å². The van der Waals surface area contributed by atoms with Crippen molar-refractivity contribution in [3.05, 3.63) is 96.0 Å². The first-order valence-electron chi connectivity index (χ1n) is 10.6. The van der Waals surface area contributed by atoms with E-state index in [0.29, 0.717) is 0 Å². The van der Waals surface area contributed by atoms with Crippen LogP contribution in [0.5, 0.6) is 0 Å². The van der Waals surface area contributed by atoms with Crippen molar-refractivity contribution in [3.63, 3.8) is 0 Å². The molecule has 0 bridgehead atoms. The number of nitrogens with one attached hydrogen (secondary N) is 1. The molecule has 6 heteroatoms. The second-order valence-electron chi connectivity index (χ2n) is 8.97. The van der Waals surface area contributed by atoms with Gasteiger partial charge in [0.05, 0.1) is 11.9 Å². The van der Waals surface area contributed by atoms with E-state index in [2.05, 4.69) is 39.9 Å². The Bertz CT molecular complexity index is 1190. The highest BCUT2D eigenvalue weighted by Gasteiger charge is 2.35. The maximum Gasteiger partial charge on any atom is 0.136 e. The minimum atomic E-state index is -0.248. The second kappa shape index (κ2) is 7.78. The highest BCUT2D eigenvalue weighted by atomic mass is 19.1. The summed E-state index contributed by atoms with van der Waals surface area (Å²) in [4.78, 5) is 4.47. The third-order valence-corrected chi connectivity index (χ3v) is 5.99. The number of benzene rings is 1. The van der Waals surface area contributed by atoms with Gasteiger partial charge in [-0.2, -0.15) is 5.10 Å². The zero-order valence-electron chi connectivity index (χ0n) is 17.8. The normalized spacial score (nSPS) is 17.5. The molecule has 1 aromatic carbocycles. The molecule has 0 unspecified atom stereocenters. The van der Waals surface area contributed by atoms with Crippen molar-refractivity contribution in [2.75, 3.05) is 0 Å². The predicted molar refractivity (Wildman–Crippen MR) is 119 cm³/mol. The number of hydrogen-bond acceptors (Lipinski definition) is 3. The third-order valence-electron chi connectivity index (χ3n) is 5.99. The van der Waals surface area contributed by atoms with Crippen molar-refractivity contribution in [2.24, 2.45) is 5.41 Å². The molecule has 0 aliphatic heterocycles. The van der Waals surface area contributed by atoms with Crippen molar-refractivity contribution >= 4 is 0 Å². The van der Waals surface area contributed by atoms with Gasteiger partial charge in [0.1, 0.15) is 11.6 Å². The highest BCUT2D eigenvalue weighted by molar-refractivity contribution is 5.38. The molecule has 1 N–H and O–H groups in total. The number of nitrogens with zero attached hydrogens (tertiary/aromatic N) is 4. The summed E-state index contributed by atoms with van der Waals surface area (Å²) in [5, 5.41) is 8.38. The molecule has 0 amide bonds. The largest absolute Gasteiger partial charge is 0.304 e. The Morgan fingerprint density at radius 1 is 1.13 bits per heavy atom. The molecule has 31 heavy (non-hydrogen) atoms. The fraction of sp³-hybridized carbons (Fsp3) is 0.280. The number of halogens is 1. The van der Waals surface area contributed by atoms with Crippen LogP contribution >= 0.6 is 0 Å². The highest BCUT2D eigenvalue weighted by Crippen LogP contribution is 2.41. The van der Waals surface area contributed by atoms with Crippen LogP contribution in [0.25, 0.3) is 11.5 Å². The maximum absolute atomic E-state index is 13.8. The van der Waals surface area contributed by atoms with Gasteiger partial charge in [0.25, 0.3) is 0 Å². The van der Waals surface area contributed by atoms with Crippen LogP contribution in [0.2, 0.25) is 0 Å². The van der Waals surface area contributed by atoms with E-state index in [-0.39, 0.29) is 17.3 Å². The Morgan fingerprint density at radius 3 is 2.84 bits per heavy atom. The van der Waals surface area contributed by atoms with Crippen molar-refractivity contribution in [1.82, 2.24) is 24.6 Å². The van der Waals surface area contributed by atoms with Gasteiger partial charge in [-0.05, 0) is 60.7 Å². The molecule has 0 saturated carbocycles. The zero-order valence-corrected chi connectivity index (χ0v) is 17.8. The van der Waals surface area contributed by atoms with E-state index in [9.17, 15) is 4.39 Å². The molecular weight excluding hydrogens is 389 g/mol. The Morgan fingerprint density at radius 2 is 2.03 bits per heavy atom. The molecule has 4 aromatic rings. The summed E-state index contributed by atoms with van der Waals surface area (Å²) >= 11 is 0. The monoisotopic (exact) mass is 415 g/mol. The Kier molecular flexibility index (Phi) is 4.94. The molecule has 158 valence electrons. The van der Waals surface area contributed by atoms with Gasteiger partial charge in [0.15, 0.2) is 0 Å². The van der Waals surface area contributed by atoms with Crippen LogP contribution < -0.4 is 5.32 Å². The van der Waals surface area contributed by atoms with Crippen LogP contribution in [0, 0.1) is 11.2 Å². The number of hydrogen-bond donors (Lipinski definition) is 1. The van der Waals surface area contributed by atoms with Gasteiger partial charge in [-0.15, -0.1) is 0 Å². The van der Waals surface area contributed by atoms with E-state index in [1.54, 1.807) is 6.07 Å². The summed E-state index contributed by atoms with van der Waals surface area (Å²) in [6.07, 6.45) is 7.70. The van der Waals surface area contributed by atoms with Gasteiger partial charge in [0.2, 0.25) is 0 Å². The van der Waals surface area contributed by atoms with Gasteiger partial charge in [-0.1, -0.05) is 26.0 Å². The first-order valence-corrected chi connectivity index (χ1v) is 10.6. The second-order valence-corrected chi connectivity index (χ2v) is 8.97. The van der Waals surface area contributed by atoms with E-state index in [1.807, 2.05) is 53.6 Å². The molecule has 1 atom stereocenters. The molecular formula is C25H26FN5. The smallest absolute Gasteiger partial charge is 0.136 e. The molecule has 1 aliphatic carbocycles. The average Bonchev–Trinajstić information content (AvgIpc) is 3.39. The number of rotatable bonds is 5. The topological polar surface area (TPSA) is 47.7 Å². The summed E-state index contributed by atoms with van der Waals surface area (Å²) in [5.74, 6) is 0.662. The van der Waals surface area contributed by atoms with Crippen LogP contribution in [-0.4, -0.2) is 19.3 Å². The Balaban J connectivity index is 1.43. The lowest BCUT2D eigenvalue weighted by molar-refractivity contribution is 0.252. The van der Waals surface area contributed by atoms with Crippen molar-refractivity contribution in [1.29, 1.82) is 0 Å². The first-order chi connectivity index (χ1) is 15.0. The molecule has 0 saturated heterocycles. The van der Waals surface area contributed by atoms with Crippen molar-refractivity contribution in [2.45, 2.75) is 39.3 Å². The van der Waals surface area contributed by atoms with Gasteiger partial charge in [-0.25, -0.2) is 14.1 Å². The van der Waals surface area contributed by atoms with Crippen LogP contribution in [0.4, 0.5) is 4.39 Å². The summed E-state index contributed by atoms with van der Waals surface area (Å²) in [7, 11) is 0. The molecule has 0 fully saturated rings. The van der Waals surface area contributed by atoms with Crippen LogP contribution in [0.15, 0.2) is 73.2 Å². The molecule has 3 aromatic heterocycles. The summed E-state index contributed by atoms with van der Waals surface area (Å²) < 4.78 is 17.8. The van der Waals surface area contributed by atoms with E-state index in [1.165, 1.54) is 17.7 Å².